The van der Waals surface area contributed by atoms with Crippen LogP contribution in [0.2, 0.25) is 0 Å². The molecule has 1 heterocycles. The maximum Gasteiger partial charge on any atom is 0.327 e. The third kappa shape index (κ3) is 4.88. The van der Waals surface area contributed by atoms with Gasteiger partial charge in [0.1, 0.15) is 6.04 Å². The lowest BCUT2D eigenvalue weighted by atomic mass is 9.84. The first-order valence-electron chi connectivity index (χ1n) is 7.55. The quantitative estimate of drug-likeness (QED) is 0.752. The molecule has 21 heavy (non-hydrogen) atoms. The van der Waals surface area contributed by atoms with Crippen molar-refractivity contribution in [1.29, 1.82) is 0 Å². The number of aliphatic carboxylic acids is 1. The second-order valence-electron chi connectivity index (χ2n) is 6.83. The van der Waals surface area contributed by atoms with E-state index in [-0.39, 0.29) is 22.6 Å². The molecule has 0 aromatic rings. The molecule has 2 unspecified atom stereocenters. The average molecular weight is 316 g/mol. The molecule has 2 atom stereocenters. The summed E-state index contributed by atoms with van der Waals surface area (Å²) in [5, 5.41) is 9.29. The molecule has 0 spiro atoms. The highest BCUT2D eigenvalue weighted by atomic mass is 32.2. The Hall–Kier alpha value is -0.750. The minimum absolute atomic E-state index is 0.0172. The van der Waals surface area contributed by atoms with E-state index in [0.717, 1.165) is 12.8 Å². The monoisotopic (exact) mass is 316 g/mol. The number of hydrogen-bond donors (Lipinski definition) is 2. The van der Waals surface area contributed by atoms with Crippen LogP contribution in [0.5, 0.6) is 0 Å². The lowest BCUT2D eigenvalue weighted by molar-refractivity contribution is -0.149. The van der Waals surface area contributed by atoms with Gasteiger partial charge in [-0.2, -0.15) is 0 Å². The Kier molecular flexibility index (Phi) is 6.53. The number of rotatable bonds is 7. The van der Waals surface area contributed by atoms with Gasteiger partial charge >= 0.3 is 5.97 Å². The van der Waals surface area contributed by atoms with Crippen molar-refractivity contribution in [3.8, 4) is 0 Å². The molecule has 6 heteroatoms. The third-order valence-electron chi connectivity index (χ3n) is 4.01. The Bertz CT molecular complexity index is 385. The minimum atomic E-state index is -0.903. The van der Waals surface area contributed by atoms with Gasteiger partial charge in [-0.25, -0.2) is 4.79 Å². The fraction of sp³-hybridized carbons (Fsp3) is 0.867. The zero-order chi connectivity index (χ0) is 16.2. The molecule has 1 rings (SSSR count). The summed E-state index contributed by atoms with van der Waals surface area (Å²) in [5.41, 5.74) is 5.61. The highest BCUT2D eigenvalue weighted by Crippen LogP contribution is 2.35. The molecule has 0 aliphatic carbocycles. The molecular weight excluding hydrogens is 288 g/mol. The van der Waals surface area contributed by atoms with E-state index in [1.54, 1.807) is 16.7 Å². The van der Waals surface area contributed by atoms with E-state index in [0.29, 0.717) is 18.7 Å². The van der Waals surface area contributed by atoms with Crippen molar-refractivity contribution in [3.63, 3.8) is 0 Å². The van der Waals surface area contributed by atoms with Crippen LogP contribution in [0.4, 0.5) is 0 Å². The molecule has 5 nitrogen and oxygen atoms in total. The summed E-state index contributed by atoms with van der Waals surface area (Å²) in [7, 11) is 0. The molecule has 0 aromatic heterocycles. The van der Waals surface area contributed by atoms with Crippen LogP contribution in [-0.4, -0.2) is 45.6 Å². The summed E-state index contributed by atoms with van der Waals surface area (Å²) in [6.45, 7) is 8.86. The van der Waals surface area contributed by atoms with Gasteiger partial charge in [-0.05, 0) is 30.7 Å². The maximum absolute atomic E-state index is 12.5. The van der Waals surface area contributed by atoms with Crippen molar-refractivity contribution < 1.29 is 14.7 Å². The Balaban J connectivity index is 2.73. The Morgan fingerprint density at radius 2 is 2.00 bits per heavy atom. The van der Waals surface area contributed by atoms with Crippen LogP contribution in [-0.2, 0) is 9.59 Å². The summed E-state index contributed by atoms with van der Waals surface area (Å²) in [6, 6.07) is -0.687. The fourth-order valence-electron chi connectivity index (χ4n) is 2.64. The van der Waals surface area contributed by atoms with Gasteiger partial charge < -0.3 is 15.7 Å². The molecule has 1 aliphatic rings. The van der Waals surface area contributed by atoms with E-state index in [2.05, 4.69) is 13.8 Å². The number of thioether (sulfide) groups is 1. The lowest BCUT2D eigenvalue weighted by Gasteiger charge is -2.31. The van der Waals surface area contributed by atoms with Crippen molar-refractivity contribution in [3.05, 3.63) is 0 Å². The minimum Gasteiger partial charge on any atom is -0.480 e. The van der Waals surface area contributed by atoms with Crippen LogP contribution in [0.1, 0.15) is 47.0 Å². The molecule has 1 amide bonds. The predicted molar refractivity (Wildman–Crippen MR) is 86.0 cm³/mol. The van der Waals surface area contributed by atoms with Crippen LogP contribution in [0.25, 0.3) is 0 Å². The second kappa shape index (κ2) is 7.49. The van der Waals surface area contributed by atoms with Crippen molar-refractivity contribution in [1.82, 2.24) is 4.90 Å². The smallest absolute Gasteiger partial charge is 0.327 e. The van der Waals surface area contributed by atoms with Gasteiger partial charge in [-0.1, -0.05) is 27.7 Å². The zero-order valence-corrected chi connectivity index (χ0v) is 14.3. The molecular formula is C15H28N2O3S. The van der Waals surface area contributed by atoms with E-state index >= 15 is 0 Å². The summed E-state index contributed by atoms with van der Waals surface area (Å²) in [5.74, 6) is -0.215. The summed E-state index contributed by atoms with van der Waals surface area (Å²) >= 11 is 1.57. The van der Waals surface area contributed by atoms with E-state index < -0.39 is 12.0 Å². The van der Waals surface area contributed by atoms with Crippen LogP contribution in [0.3, 0.4) is 0 Å². The fourth-order valence-corrected chi connectivity index (χ4v) is 4.13. The van der Waals surface area contributed by atoms with Crippen LogP contribution < -0.4 is 5.73 Å². The summed E-state index contributed by atoms with van der Waals surface area (Å²) in [6.07, 6.45) is 1.99. The maximum atomic E-state index is 12.5. The highest BCUT2D eigenvalue weighted by Gasteiger charge is 2.42. The zero-order valence-electron chi connectivity index (χ0n) is 13.5. The molecule has 0 saturated carbocycles. The molecule has 1 saturated heterocycles. The van der Waals surface area contributed by atoms with Crippen LogP contribution >= 0.6 is 11.8 Å². The van der Waals surface area contributed by atoms with Crippen molar-refractivity contribution >= 4 is 23.6 Å². The Labute approximate surface area is 131 Å². The van der Waals surface area contributed by atoms with Crippen molar-refractivity contribution in [2.24, 2.45) is 17.1 Å². The highest BCUT2D eigenvalue weighted by molar-refractivity contribution is 8.00. The van der Waals surface area contributed by atoms with Gasteiger partial charge in [0.05, 0.1) is 5.37 Å². The van der Waals surface area contributed by atoms with Crippen LogP contribution in [0, 0.1) is 11.3 Å². The summed E-state index contributed by atoms with van der Waals surface area (Å²) < 4.78 is 0. The first-order chi connectivity index (χ1) is 9.69. The number of carboxylic acid groups (broad SMARTS) is 1. The molecule has 0 aromatic carbocycles. The Morgan fingerprint density at radius 3 is 2.48 bits per heavy atom. The standard InChI is InChI=1S/C15H28N2O3S/c1-10(2)13-17(11(9-21-13)14(19)20)12(18)5-6-15(3,4)7-8-16/h10-11,13H,5-9,16H2,1-4H3,(H,19,20). The van der Waals surface area contributed by atoms with Crippen LogP contribution in [0.15, 0.2) is 0 Å². The van der Waals surface area contributed by atoms with Gasteiger partial charge in [0.25, 0.3) is 0 Å². The topological polar surface area (TPSA) is 83.6 Å². The third-order valence-corrected chi connectivity index (χ3v) is 5.64. The number of carbonyl (C=O) groups is 2. The number of nitrogens with zero attached hydrogens (tertiary/aromatic N) is 1. The van der Waals surface area contributed by atoms with Gasteiger partial charge in [-0.15, -0.1) is 11.8 Å². The Morgan fingerprint density at radius 1 is 1.38 bits per heavy atom. The number of amides is 1. The molecule has 0 radical (unpaired) electrons. The van der Waals surface area contributed by atoms with E-state index in [1.807, 2.05) is 13.8 Å². The molecule has 122 valence electrons. The summed E-state index contributed by atoms with van der Waals surface area (Å²) in [4.78, 5) is 25.5. The van der Waals surface area contributed by atoms with Gasteiger partial charge in [0.15, 0.2) is 0 Å². The first-order valence-corrected chi connectivity index (χ1v) is 8.60. The van der Waals surface area contributed by atoms with E-state index in [1.165, 1.54) is 0 Å². The SMILES string of the molecule is CC(C)C1SCC(C(=O)O)N1C(=O)CCC(C)(C)CCN. The average Bonchev–Trinajstić information content (AvgIpc) is 2.81. The molecule has 1 aliphatic heterocycles. The largest absolute Gasteiger partial charge is 0.480 e. The number of carbonyl (C=O) groups excluding carboxylic acids is 1. The van der Waals surface area contributed by atoms with Gasteiger partial charge in [0.2, 0.25) is 5.91 Å². The van der Waals surface area contributed by atoms with E-state index in [4.69, 9.17) is 5.73 Å². The molecule has 1 fully saturated rings. The second-order valence-corrected chi connectivity index (χ2v) is 7.98. The number of carboxylic acids is 1. The predicted octanol–water partition coefficient (Wildman–Crippen LogP) is 2.15. The molecule has 3 N–H and O–H groups in total. The lowest BCUT2D eigenvalue weighted by Crippen LogP contribution is -2.47. The van der Waals surface area contributed by atoms with Crippen molar-refractivity contribution in [2.45, 2.75) is 58.4 Å². The first kappa shape index (κ1) is 18.3. The van der Waals surface area contributed by atoms with E-state index in [9.17, 15) is 14.7 Å². The van der Waals surface area contributed by atoms with Crippen molar-refractivity contribution in [2.75, 3.05) is 12.3 Å². The normalized spacial score (nSPS) is 22.9. The van der Waals surface area contributed by atoms with Gasteiger partial charge in [0, 0.05) is 12.2 Å². The van der Waals surface area contributed by atoms with Gasteiger partial charge in [-0.3, -0.25) is 4.79 Å². The molecule has 0 bridgehead atoms. The number of hydrogen-bond acceptors (Lipinski definition) is 4. The number of nitrogens with two attached hydrogens (primary N) is 1.